The monoisotopic (exact) mass is 505 g/mol. The quantitative estimate of drug-likeness (QED) is 0.573. The number of halogens is 2. The van der Waals surface area contributed by atoms with Crippen molar-refractivity contribution in [3.8, 4) is 5.75 Å². The van der Waals surface area contributed by atoms with Crippen LogP contribution in [0.3, 0.4) is 0 Å². The molecule has 0 bridgehead atoms. The molecule has 2 aromatic carbocycles. The van der Waals surface area contributed by atoms with Gasteiger partial charge < -0.3 is 14.5 Å². The van der Waals surface area contributed by atoms with Crippen LogP contribution in [-0.2, 0) is 11.2 Å². The summed E-state index contributed by atoms with van der Waals surface area (Å²) in [5.74, 6) is 0.700. The summed E-state index contributed by atoms with van der Waals surface area (Å²) in [6.07, 6.45) is 1.79. The van der Waals surface area contributed by atoms with E-state index < -0.39 is 0 Å². The van der Waals surface area contributed by atoms with Crippen molar-refractivity contribution >= 4 is 62.8 Å². The molecule has 5 rings (SSSR count). The first-order chi connectivity index (χ1) is 14.2. The van der Waals surface area contributed by atoms with Crippen LogP contribution in [0.25, 0.3) is 5.70 Å². The second-order valence-corrected chi connectivity index (χ2v) is 8.43. The predicted octanol–water partition coefficient (Wildman–Crippen LogP) is 4.99. The van der Waals surface area contributed by atoms with E-state index in [0.29, 0.717) is 11.6 Å². The van der Waals surface area contributed by atoms with Gasteiger partial charge in [0.25, 0.3) is 5.91 Å². The van der Waals surface area contributed by atoms with E-state index in [0.717, 1.165) is 53.8 Å². The summed E-state index contributed by atoms with van der Waals surface area (Å²) < 4.78 is 5.91. The van der Waals surface area contributed by atoms with Crippen molar-refractivity contribution in [3.63, 3.8) is 0 Å². The van der Waals surface area contributed by atoms with Gasteiger partial charge in [0, 0.05) is 29.1 Å². The van der Waals surface area contributed by atoms with Crippen molar-refractivity contribution in [2.24, 2.45) is 4.99 Å². The lowest BCUT2D eigenvalue weighted by Gasteiger charge is -2.32. The number of hydrogen-bond donors (Lipinski definition) is 0. The normalized spacial score (nSPS) is 17.0. The number of fused-ring (bicyclic) bond motifs is 2. The van der Waals surface area contributed by atoms with Gasteiger partial charge >= 0.3 is 0 Å². The Morgan fingerprint density at radius 3 is 2.87 bits per heavy atom. The van der Waals surface area contributed by atoms with Gasteiger partial charge in [-0.05, 0) is 30.5 Å². The van der Waals surface area contributed by atoms with Gasteiger partial charge in [0.2, 0.25) is 0 Å². The number of benzene rings is 2. The average molecular weight is 507 g/mol. The highest BCUT2D eigenvalue weighted by atomic mass is 79.9. The first-order valence-corrected chi connectivity index (χ1v) is 11.0. The smallest absolute Gasteiger partial charge is 0.265 e. The van der Waals surface area contributed by atoms with Crippen molar-refractivity contribution in [1.82, 2.24) is 4.90 Å². The Kier molecular flexibility index (Phi) is 6.41. The molecular weight excluding hydrogens is 486 g/mol. The molecule has 0 aliphatic carbocycles. The lowest BCUT2D eigenvalue weighted by molar-refractivity contribution is -0.121. The number of thioether (sulfide) groups is 1. The number of aryl methyl sites for hydroxylation is 1. The van der Waals surface area contributed by atoms with Gasteiger partial charge in [0.1, 0.15) is 0 Å². The summed E-state index contributed by atoms with van der Waals surface area (Å²) in [4.78, 5) is 21.2. The van der Waals surface area contributed by atoms with Crippen LogP contribution in [-0.4, -0.2) is 42.2 Å². The van der Waals surface area contributed by atoms with E-state index in [4.69, 9.17) is 16.3 Å². The zero-order chi connectivity index (χ0) is 19.8. The molecular formula is C22H21BrClN3O2S. The Labute approximate surface area is 195 Å². The van der Waals surface area contributed by atoms with E-state index in [1.165, 1.54) is 5.56 Å². The number of nitrogens with zero attached hydrogens (tertiary/aromatic N) is 3. The molecule has 3 aliphatic rings. The van der Waals surface area contributed by atoms with Gasteiger partial charge in [-0.2, -0.15) is 0 Å². The van der Waals surface area contributed by atoms with Crippen LogP contribution >= 0.6 is 40.3 Å². The molecule has 0 spiro atoms. The molecule has 2 aromatic rings. The minimum Gasteiger partial charge on any atom is -0.481 e. The lowest BCUT2D eigenvalue weighted by atomic mass is 10.1. The van der Waals surface area contributed by atoms with E-state index >= 15 is 0 Å². The second kappa shape index (κ2) is 9.04. The molecule has 0 aromatic heterocycles. The van der Waals surface area contributed by atoms with E-state index in [1.54, 1.807) is 11.8 Å². The minimum atomic E-state index is -0.0306. The van der Waals surface area contributed by atoms with Crippen molar-refractivity contribution in [2.75, 3.05) is 31.1 Å². The van der Waals surface area contributed by atoms with Gasteiger partial charge in [-0.25, -0.2) is 0 Å². The number of carbonyl (C=O) groups is 1. The molecule has 30 heavy (non-hydrogen) atoms. The second-order valence-electron chi connectivity index (χ2n) is 7.16. The maximum Gasteiger partial charge on any atom is 0.265 e. The summed E-state index contributed by atoms with van der Waals surface area (Å²) in [7, 11) is 0. The fourth-order valence-electron chi connectivity index (χ4n) is 3.93. The summed E-state index contributed by atoms with van der Waals surface area (Å²) in [6, 6.07) is 14.1. The maximum absolute atomic E-state index is 12.6. The molecule has 0 fully saturated rings. The van der Waals surface area contributed by atoms with Crippen molar-refractivity contribution < 1.29 is 9.53 Å². The van der Waals surface area contributed by atoms with Crippen LogP contribution in [0.5, 0.6) is 5.75 Å². The summed E-state index contributed by atoms with van der Waals surface area (Å²) >= 11 is 8.09. The first kappa shape index (κ1) is 21.3. The third-order valence-corrected chi connectivity index (χ3v) is 6.42. The van der Waals surface area contributed by atoms with Crippen molar-refractivity contribution in [3.05, 3.63) is 64.0 Å². The third kappa shape index (κ3) is 3.98. The number of amides is 1. The number of anilines is 1. The fourth-order valence-corrected chi connectivity index (χ4v) is 5.10. The van der Waals surface area contributed by atoms with E-state index in [9.17, 15) is 4.79 Å². The minimum absolute atomic E-state index is 0. The molecule has 0 radical (unpaired) electrons. The van der Waals surface area contributed by atoms with Crippen LogP contribution in [0.1, 0.15) is 17.5 Å². The van der Waals surface area contributed by atoms with Crippen LogP contribution in [0.4, 0.5) is 5.69 Å². The third-order valence-electron chi connectivity index (χ3n) is 5.30. The van der Waals surface area contributed by atoms with E-state index in [2.05, 4.69) is 27.4 Å². The van der Waals surface area contributed by atoms with Gasteiger partial charge in [-0.1, -0.05) is 53.7 Å². The largest absolute Gasteiger partial charge is 0.481 e. The predicted molar refractivity (Wildman–Crippen MR) is 129 cm³/mol. The molecule has 3 aliphatic heterocycles. The molecule has 0 saturated carbocycles. The topological polar surface area (TPSA) is 45.1 Å². The standard InChI is InChI=1S/C22H20ClN3O2S.BrH/c23-16-11-17(19-14-29-22-24-8-10-26(19)22)21-18(12-16)25(20(27)13-28-21)9-4-7-15-5-2-1-3-6-15;/h1-3,5-6,11-12,14H,4,7-10,13H2;1H. The molecule has 5 nitrogen and oxygen atoms in total. The Bertz CT molecular complexity index is 1030. The first-order valence-electron chi connectivity index (χ1n) is 9.70. The van der Waals surface area contributed by atoms with Crippen LogP contribution < -0.4 is 9.64 Å². The number of rotatable bonds is 5. The van der Waals surface area contributed by atoms with Gasteiger partial charge in [-0.15, -0.1) is 17.0 Å². The van der Waals surface area contributed by atoms with E-state index in [-0.39, 0.29) is 29.5 Å². The van der Waals surface area contributed by atoms with E-state index in [1.807, 2.05) is 35.2 Å². The zero-order valence-corrected chi connectivity index (χ0v) is 19.5. The van der Waals surface area contributed by atoms with Crippen LogP contribution in [0.2, 0.25) is 5.02 Å². The highest BCUT2D eigenvalue weighted by molar-refractivity contribution is 8.93. The molecule has 8 heteroatoms. The Balaban J connectivity index is 0.00000218. The SMILES string of the molecule is Br.O=C1COc2c(C3=CSC4=NCCN34)cc(Cl)cc2N1CCCc1ccccc1. The molecule has 156 valence electrons. The Morgan fingerprint density at radius 1 is 1.20 bits per heavy atom. The summed E-state index contributed by atoms with van der Waals surface area (Å²) in [6.45, 7) is 2.34. The van der Waals surface area contributed by atoms with Crippen LogP contribution in [0, 0.1) is 0 Å². The average Bonchev–Trinajstić information content (AvgIpc) is 3.34. The molecule has 3 heterocycles. The molecule has 0 unspecified atom stereocenters. The number of hydrogen-bond acceptors (Lipinski definition) is 5. The van der Waals surface area contributed by atoms with Crippen molar-refractivity contribution in [1.29, 1.82) is 0 Å². The molecule has 0 N–H and O–H groups in total. The molecule has 0 atom stereocenters. The zero-order valence-electron chi connectivity index (χ0n) is 16.2. The van der Waals surface area contributed by atoms with Crippen molar-refractivity contribution in [2.45, 2.75) is 12.8 Å². The lowest BCUT2D eigenvalue weighted by Crippen LogP contribution is -2.40. The van der Waals surface area contributed by atoms with Crippen LogP contribution in [0.15, 0.2) is 52.9 Å². The highest BCUT2D eigenvalue weighted by Gasteiger charge is 2.33. The maximum atomic E-state index is 12.6. The highest BCUT2D eigenvalue weighted by Crippen LogP contribution is 2.45. The Morgan fingerprint density at radius 2 is 2.03 bits per heavy atom. The summed E-state index contributed by atoms with van der Waals surface area (Å²) in [5.41, 5.74) is 4.00. The molecule has 0 saturated heterocycles. The summed E-state index contributed by atoms with van der Waals surface area (Å²) in [5, 5.41) is 3.70. The van der Waals surface area contributed by atoms with Gasteiger partial charge in [-0.3, -0.25) is 9.79 Å². The number of aliphatic imine (C=N–C) groups is 1. The molecule has 1 amide bonds. The van der Waals surface area contributed by atoms with Gasteiger partial charge in [0.15, 0.2) is 17.5 Å². The Hall–Kier alpha value is -1.96. The number of amidine groups is 1. The number of carbonyl (C=O) groups excluding carboxylic acids is 1. The van der Waals surface area contributed by atoms with Gasteiger partial charge in [0.05, 0.1) is 17.9 Å². The number of ether oxygens (including phenoxy) is 1. The fraction of sp³-hybridized carbons (Fsp3) is 0.273.